The Morgan fingerprint density at radius 3 is 2.67 bits per heavy atom. The molecule has 3 heteroatoms. The zero-order chi connectivity index (χ0) is 13.1. The Morgan fingerprint density at radius 1 is 1.17 bits per heavy atom. The van der Waals surface area contributed by atoms with Gasteiger partial charge in [0, 0.05) is 11.8 Å². The molecular weight excluding hydrogens is 226 g/mol. The molecule has 0 saturated carbocycles. The predicted molar refractivity (Wildman–Crippen MR) is 70.1 cm³/mol. The van der Waals surface area contributed by atoms with E-state index < -0.39 is 0 Å². The van der Waals surface area contributed by atoms with Gasteiger partial charge in [-0.25, -0.2) is 0 Å². The Morgan fingerprint density at radius 2 is 1.94 bits per heavy atom. The van der Waals surface area contributed by atoms with Gasteiger partial charge >= 0.3 is 0 Å². The van der Waals surface area contributed by atoms with E-state index >= 15 is 0 Å². The monoisotopic (exact) mass is 241 g/mol. The van der Waals surface area contributed by atoms with Gasteiger partial charge in [-0.15, -0.1) is 0 Å². The first kappa shape index (κ1) is 12.3. The van der Waals surface area contributed by atoms with Gasteiger partial charge in [-0.2, -0.15) is 0 Å². The number of hydrogen-bond donors (Lipinski definition) is 0. The number of methoxy groups -OCH3 is 1. The highest BCUT2D eigenvalue weighted by atomic mass is 16.5. The summed E-state index contributed by atoms with van der Waals surface area (Å²) in [5.41, 5.74) is 3.28. The van der Waals surface area contributed by atoms with Crippen molar-refractivity contribution in [2.75, 3.05) is 7.11 Å². The Hall–Kier alpha value is -2.16. The minimum absolute atomic E-state index is 0.0320. The van der Waals surface area contributed by atoms with Crippen molar-refractivity contribution in [1.82, 2.24) is 4.98 Å². The topological polar surface area (TPSA) is 39.2 Å². The minimum atomic E-state index is -0.0320. The lowest BCUT2D eigenvalue weighted by Crippen LogP contribution is -2.06. The van der Waals surface area contributed by atoms with E-state index in [1.54, 1.807) is 18.5 Å². The number of carbonyl (C=O) groups excluding carboxylic acids is 1. The molecule has 0 unspecified atom stereocenters. The molecule has 0 atom stereocenters. The third kappa shape index (κ3) is 2.25. The second-order valence-electron chi connectivity index (χ2n) is 4.22. The summed E-state index contributed by atoms with van der Waals surface area (Å²) >= 11 is 0. The molecule has 0 spiro atoms. The maximum atomic E-state index is 12.5. The molecule has 0 aliphatic rings. The number of hydrogen-bond acceptors (Lipinski definition) is 3. The normalized spacial score (nSPS) is 10.2. The molecule has 3 nitrogen and oxygen atoms in total. The number of aryl methyl sites for hydroxylation is 2. The summed E-state index contributed by atoms with van der Waals surface area (Å²) in [5.74, 6) is 0.471. The fourth-order valence-corrected chi connectivity index (χ4v) is 1.86. The Balaban J connectivity index is 2.51. The fraction of sp³-hybridized carbons (Fsp3) is 0.200. The van der Waals surface area contributed by atoms with E-state index in [9.17, 15) is 4.79 Å². The van der Waals surface area contributed by atoms with Gasteiger partial charge in [-0.05, 0) is 31.5 Å². The molecule has 0 amide bonds. The van der Waals surface area contributed by atoms with Crippen molar-refractivity contribution in [1.29, 1.82) is 0 Å². The number of ether oxygens (including phenoxy) is 1. The van der Waals surface area contributed by atoms with Crippen molar-refractivity contribution in [2.45, 2.75) is 13.8 Å². The van der Waals surface area contributed by atoms with Crippen LogP contribution >= 0.6 is 0 Å². The highest BCUT2D eigenvalue weighted by molar-refractivity contribution is 6.11. The summed E-state index contributed by atoms with van der Waals surface area (Å²) in [5, 5.41) is 0. The van der Waals surface area contributed by atoms with Crippen molar-refractivity contribution in [2.24, 2.45) is 0 Å². The zero-order valence-corrected chi connectivity index (χ0v) is 10.7. The average molecular weight is 241 g/mol. The van der Waals surface area contributed by atoms with Crippen LogP contribution in [0.25, 0.3) is 0 Å². The van der Waals surface area contributed by atoms with Gasteiger partial charge in [-0.3, -0.25) is 9.78 Å². The van der Waals surface area contributed by atoms with E-state index in [2.05, 4.69) is 4.98 Å². The van der Waals surface area contributed by atoms with E-state index in [-0.39, 0.29) is 5.78 Å². The molecule has 2 rings (SSSR count). The molecule has 0 bridgehead atoms. The van der Waals surface area contributed by atoms with E-state index in [0.29, 0.717) is 16.9 Å². The molecule has 92 valence electrons. The maximum absolute atomic E-state index is 12.5. The highest BCUT2D eigenvalue weighted by Crippen LogP contribution is 2.22. The third-order valence-corrected chi connectivity index (χ3v) is 2.89. The number of benzene rings is 1. The van der Waals surface area contributed by atoms with E-state index in [1.807, 2.05) is 32.0 Å². The minimum Gasteiger partial charge on any atom is -0.494 e. The van der Waals surface area contributed by atoms with Gasteiger partial charge in [-0.1, -0.05) is 17.7 Å². The van der Waals surface area contributed by atoms with Gasteiger partial charge < -0.3 is 4.74 Å². The summed E-state index contributed by atoms with van der Waals surface area (Å²) in [6.07, 6.45) is 3.15. The number of aromatic nitrogens is 1. The number of pyridine rings is 1. The summed E-state index contributed by atoms with van der Waals surface area (Å²) in [6, 6.07) is 7.53. The molecule has 0 aliphatic heterocycles. The second kappa shape index (κ2) is 5.00. The van der Waals surface area contributed by atoms with Crippen molar-refractivity contribution in [3.05, 3.63) is 58.9 Å². The average Bonchev–Trinajstić information content (AvgIpc) is 2.40. The van der Waals surface area contributed by atoms with Gasteiger partial charge in [0.2, 0.25) is 0 Å². The first-order valence-electron chi connectivity index (χ1n) is 5.73. The lowest BCUT2D eigenvalue weighted by atomic mass is 9.97. The molecular formula is C15H15NO2. The molecule has 0 radical (unpaired) electrons. The molecule has 0 N–H and O–H groups in total. The smallest absolute Gasteiger partial charge is 0.197 e. The lowest BCUT2D eigenvalue weighted by Gasteiger charge is -2.09. The van der Waals surface area contributed by atoms with Crippen molar-refractivity contribution < 1.29 is 9.53 Å². The quantitative estimate of drug-likeness (QED) is 0.775. The number of ketones is 1. The van der Waals surface area contributed by atoms with Crippen LogP contribution in [0.2, 0.25) is 0 Å². The first-order valence-corrected chi connectivity index (χ1v) is 5.73. The van der Waals surface area contributed by atoms with E-state index in [4.69, 9.17) is 4.74 Å². The van der Waals surface area contributed by atoms with Crippen LogP contribution in [0.3, 0.4) is 0 Å². The van der Waals surface area contributed by atoms with Crippen LogP contribution in [0.4, 0.5) is 0 Å². The highest BCUT2D eigenvalue weighted by Gasteiger charge is 2.16. The Kier molecular flexibility index (Phi) is 3.42. The SMILES string of the molecule is COc1cnccc1C(=O)c1cc(C)ccc1C. The van der Waals surface area contributed by atoms with Crippen LogP contribution in [0, 0.1) is 13.8 Å². The van der Waals surface area contributed by atoms with Gasteiger partial charge in [0.25, 0.3) is 0 Å². The van der Waals surface area contributed by atoms with Crippen LogP contribution < -0.4 is 4.74 Å². The van der Waals surface area contributed by atoms with Crippen molar-refractivity contribution >= 4 is 5.78 Å². The van der Waals surface area contributed by atoms with Gasteiger partial charge in [0.1, 0.15) is 5.75 Å². The molecule has 1 heterocycles. The molecule has 1 aromatic heterocycles. The lowest BCUT2D eigenvalue weighted by molar-refractivity contribution is 0.103. The Labute approximate surface area is 106 Å². The molecule has 18 heavy (non-hydrogen) atoms. The van der Waals surface area contributed by atoms with Crippen LogP contribution in [0.15, 0.2) is 36.7 Å². The largest absolute Gasteiger partial charge is 0.494 e. The molecule has 0 aliphatic carbocycles. The van der Waals surface area contributed by atoms with Crippen LogP contribution in [-0.4, -0.2) is 17.9 Å². The summed E-state index contributed by atoms with van der Waals surface area (Å²) < 4.78 is 5.17. The number of nitrogens with zero attached hydrogens (tertiary/aromatic N) is 1. The summed E-state index contributed by atoms with van der Waals surface area (Å²) in [7, 11) is 1.54. The Bertz CT molecular complexity index is 591. The predicted octanol–water partition coefficient (Wildman–Crippen LogP) is 2.94. The maximum Gasteiger partial charge on any atom is 0.197 e. The van der Waals surface area contributed by atoms with Crippen molar-refractivity contribution in [3.8, 4) is 5.75 Å². The van der Waals surface area contributed by atoms with Gasteiger partial charge in [0.15, 0.2) is 5.78 Å². The molecule has 0 saturated heterocycles. The van der Waals surface area contributed by atoms with Crippen molar-refractivity contribution in [3.63, 3.8) is 0 Å². The first-order chi connectivity index (χ1) is 8.63. The number of carbonyl (C=O) groups is 1. The van der Waals surface area contributed by atoms with E-state index in [0.717, 1.165) is 11.1 Å². The fourth-order valence-electron chi connectivity index (χ4n) is 1.86. The summed E-state index contributed by atoms with van der Waals surface area (Å²) in [6.45, 7) is 3.90. The van der Waals surface area contributed by atoms with Crippen LogP contribution in [-0.2, 0) is 0 Å². The zero-order valence-electron chi connectivity index (χ0n) is 10.7. The third-order valence-electron chi connectivity index (χ3n) is 2.89. The van der Waals surface area contributed by atoms with Crippen LogP contribution in [0.5, 0.6) is 5.75 Å². The van der Waals surface area contributed by atoms with Crippen LogP contribution in [0.1, 0.15) is 27.0 Å². The second-order valence-corrected chi connectivity index (χ2v) is 4.22. The molecule has 0 fully saturated rings. The number of rotatable bonds is 3. The van der Waals surface area contributed by atoms with Gasteiger partial charge in [0.05, 0.1) is 18.9 Å². The van der Waals surface area contributed by atoms with E-state index in [1.165, 1.54) is 7.11 Å². The standard InChI is InChI=1S/C15H15NO2/c1-10-4-5-11(2)13(8-10)15(17)12-6-7-16-9-14(12)18-3/h4-9H,1-3H3. The molecule has 1 aromatic carbocycles. The molecule has 2 aromatic rings. The summed E-state index contributed by atoms with van der Waals surface area (Å²) in [4.78, 5) is 16.4.